The average molecular weight is 333 g/mol. The van der Waals surface area contributed by atoms with Crippen LogP contribution in [0.2, 0.25) is 0 Å². The first-order valence-electron chi connectivity index (χ1n) is 7.45. The van der Waals surface area contributed by atoms with E-state index >= 15 is 0 Å². The number of hydrogen-bond acceptors (Lipinski definition) is 2. The van der Waals surface area contributed by atoms with Gasteiger partial charge in [0, 0.05) is 6.07 Å². The number of carboxylic acids is 1. The maximum atomic E-state index is 13.1. The normalized spacial score (nSPS) is 11.8. The zero-order chi connectivity index (χ0) is 17.5. The molecule has 0 fully saturated rings. The molecule has 2 N–H and O–H groups in total. The van der Waals surface area contributed by atoms with Gasteiger partial charge in [0.2, 0.25) is 5.91 Å². The molecule has 1 amide bonds. The van der Waals surface area contributed by atoms with E-state index in [-0.39, 0.29) is 18.4 Å². The summed E-state index contributed by atoms with van der Waals surface area (Å²) in [5.74, 6) is -3.31. The van der Waals surface area contributed by atoms with Crippen molar-refractivity contribution in [1.29, 1.82) is 0 Å². The molecule has 0 aromatic heterocycles. The minimum Gasteiger partial charge on any atom is -0.480 e. The van der Waals surface area contributed by atoms with Crippen molar-refractivity contribution >= 4 is 11.9 Å². The molecule has 0 saturated carbocycles. The molecule has 0 aliphatic rings. The second kappa shape index (κ2) is 8.19. The Morgan fingerprint density at radius 2 is 1.62 bits per heavy atom. The molecule has 126 valence electrons. The van der Waals surface area contributed by atoms with Crippen LogP contribution in [0.5, 0.6) is 0 Å². The summed E-state index contributed by atoms with van der Waals surface area (Å²) in [6.07, 6.45) is 0.430. The smallest absolute Gasteiger partial charge is 0.326 e. The lowest BCUT2D eigenvalue weighted by molar-refractivity contribution is -0.141. The van der Waals surface area contributed by atoms with Crippen LogP contribution in [0.1, 0.15) is 17.5 Å². The summed E-state index contributed by atoms with van der Waals surface area (Å²) in [5, 5.41) is 11.6. The zero-order valence-electron chi connectivity index (χ0n) is 12.8. The van der Waals surface area contributed by atoms with Gasteiger partial charge in [-0.05, 0) is 36.1 Å². The van der Waals surface area contributed by atoms with Gasteiger partial charge in [-0.2, -0.15) is 0 Å². The van der Waals surface area contributed by atoms with Crippen molar-refractivity contribution in [2.45, 2.75) is 25.3 Å². The first kappa shape index (κ1) is 17.6. The van der Waals surface area contributed by atoms with Crippen LogP contribution in [0.15, 0.2) is 48.5 Å². The molecule has 0 radical (unpaired) electrons. The number of carboxylic acid groups (broad SMARTS) is 1. The predicted molar refractivity (Wildman–Crippen MR) is 84.4 cm³/mol. The summed E-state index contributed by atoms with van der Waals surface area (Å²) < 4.78 is 26.2. The van der Waals surface area contributed by atoms with Crippen LogP contribution in [0.4, 0.5) is 8.78 Å². The molecule has 0 spiro atoms. The molecule has 0 saturated heterocycles. The fraction of sp³-hybridized carbons (Fsp3) is 0.222. The van der Waals surface area contributed by atoms with Gasteiger partial charge in [-0.3, -0.25) is 4.79 Å². The topological polar surface area (TPSA) is 66.4 Å². The Balaban J connectivity index is 1.94. The number of carbonyl (C=O) groups excluding carboxylic acids is 1. The van der Waals surface area contributed by atoms with Crippen LogP contribution in [-0.4, -0.2) is 23.0 Å². The summed E-state index contributed by atoms with van der Waals surface area (Å²) in [6, 6.07) is 11.0. The second-order valence-electron chi connectivity index (χ2n) is 5.44. The largest absolute Gasteiger partial charge is 0.480 e. The zero-order valence-corrected chi connectivity index (χ0v) is 12.8. The van der Waals surface area contributed by atoms with Gasteiger partial charge in [-0.15, -0.1) is 0 Å². The van der Waals surface area contributed by atoms with E-state index in [0.717, 1.165) is 17.7 Å². The number of aryl methyl sites for hydroxylation is 1. The van der Waals surface area contributed by atoms with Gasteiger partial charge in [0.25, 0.3) is 0 Å². The molecule has 2 aromatic rings. The predicted octanol–water partition coefficient (Wildman–Crippen LogP) is 2.71. The standard InChI is InChI=1S/C18H17F2NO3/c19-14-8-13(9-15(20)11-14)10-17(22)21-16(18(23)24)7-6-12-4-2-1-3-5-12/h1-5,8-9,11,16H,6-7,10H2,(H,21,22)(H,23,24)/t16-/m1/s1. The highest BCUT2D eigenvalue weighted by molar-refractivity contribution is 5.84. The molecule has 4 nitrogen and oxygen atoms in total. The van der Waals surface area contributed by atoms with Gasteiger partial charge in [0.1, 0.15) is 17.7 Å². The summed E-state index contributed by atoms with van der Waals surface area (Å²) in [6.45, 7) is 0. The van der Waals surface area contributed by atoms with Crippen molar-refractivity contribution < 1.29 is 23.5 Å². The van der Waals surface area contributed by atoms with Crippen LogP contribution in [0, 0.1) is 11.6 Å². The van der Waals surface area contributed by atoms with Crippen LogP contribution >= 0.6 is 0 Å². The van der Waals surface area contributed by atoms with Gasteiger partial charge in [0.15, 0.2) is 0 Å². The molecule has 0 aliphatic heterocycles. The maximum absolute atomic E-state index is 13.1. The fourth-order valence-corrected chi connectivity index (χ4v) is 2.36. The summed E-state index contributed by atoms with van der Waals surface area (Å²) in [5.41, 5.74) is 1.11. The molecule has 1 atom stereocenters. The molecule has 0 aliphatic carbocycles. The molecule has 2 rings (SSSR count). The van der Waals surface area contributed by atoms with Crippen LogP contribution in [0.25, 0.3) is 0 Å². The Morgan fingerprint density at radius 1 is 1.00 bits per heavy atom. The van der Waals surface area contributed by atoms with Crippen molar-refractivity contribution in [2.24, 2.45) is 0 Å². The first-order chi connectivity index (χ1) is 11.4. The molecule has 2 aromatic carbocycles. The number of halogens is 2. The van der Waals surface area contributed by atoms with Gasteiger partial charge in [0.05, 0.1) is 6.42 Å². The number of aliphatic carboxylic acids is 1. The Kier molecular flexibility index (Phi) is 6.01. The summed E-state index contributed by atoms with van der Waals surface area (Å²) >= 11 is 0. The Hall–Kier alpha value is -2.76. The van der Waals surface area contributed by atoms with Crippen LogP contribution in [-0.2, 0) is 22.4 Å². The highest BCUT2D eigenvalue weighted by atomic mass is 19.1. The van der Waals surface area contributed by atoms with E-state index in [0.29, 0.717) is 12.5 Å². The van der Waals surface area contributed by atoms with E-state index in [2.05, 4.69) is 5.32 Å². The molecule has 0 bridgehead atoms. The third kappa shape index (κ3) is 5.46. The number of nitrogens with one attached hydrogen (secondary N) is 1. The van der Waals surface area contributed by atoms with E-state index in [1.165, 1.54) is 0 Å². The molecular weight excluding hydrogens is 316 g/mol. The number of amides is 1. The van der Waals surface area contributed by atoms with Crippen molar-refractivity contribution in [3.63, 3.8) is 0 Å². The van der Waals surface area contributed by atoms with E-state index in [9.17, 15) is 23.5 Å². The monoisotopic (exact) mass is 333 g/mol. The Bertz CT molecular complexity index is 699. The van der Waals surface area contributed by atoms with Gasteiger partial charge in [-0.1, -0.05) is 30.3 Å². The number of hydrogen-bond donors (Lipinski definition) is 2. The fourth-order valence-electron chi connectivity index (χ4n) is 2.36. The lowest BCUT2D eigenvalue weighted by Crippen LogP contribution is -2.41. The van der Waals surface area contributed by atoms with Gasteiger partial charge in [-0.25, -0.2) is 13.6 Å². The van der Waals surface area contributed by atoms with E-state index in [1.807, 2.05) is 30.3 Å². The van der Waals surface area contributed by atoms with Crippen LogP contribution < -0.4 is 5.32 Å². The summed E-state index contributed by atoms with van der Waals surface area (Å²) in [4.78, 5) is 23.2. The third-order valence-electron chi connectivity index (χ3n) is 3.48. The molecule has 6 heteroatoms. The minimum absolute atomic E-state index is 0.150. The van der Waals surface area contributed by atoms with Crippen molar-refractivity contribution in [2.75, 3.05) is 0 Å². The molecule has 24 heavy (non-hydrogen) atoms. The molecule has 0 unspecified atom stereocenters. The number of benzene rings is 2. The van der Waals surface area contributed by atoms with E-state index in [1.54, 1.807) is 0 Å². The Labute approximate surface area is 138 Å². The molecule has 0 heterocycles. The van der Waals surface area contributed by atoms with E-state index < -0.39 is 29.6 Å². The first-order valence-corrected chi connectivity index (χ1v) is 7.45. The lowest BCUT2D eigenvalue weighted by Gasteiger charge is -2.14. The maximum Gasteiger partial charge on any atom is 0.326 e. The number of carbonyl (C=O) groups is 2. The number of rotatable bonds is 7. The second-order valence-corrected chi connectivity index (χ2v) is 5.44. The Morgan fingerprint density at radius 3 is 2.21 bits per heavy atom. The highest BCUT2D eigenvalue weighted by Crippen LogP contribution is 2.10. The van der Waals surface area contributed by atoms with Crippen LogP contribution in [0.3, 0.4) is 0 Å². The van der Waals surface area contributed by atoms with Crippen molar-refractivity contribution in [3.8, 4) is 0 Å². The molecular formula is C18H17F2NO3. The quantitative estimate of drug-likeness (QED) is 0.819. The summed E-state index contributed by atoms with van der Waals surface area (Å²) in [7, 11) is 0. The average Bonchev–Trinajstić information content (AvgIpc) is 2.51. The van der Waals surface area contributed by atoms with E-state index in [4.69, 9.17) is 0 Å². The van der Waals surface area contributed by atoms with Gasteiger partial charge >= 0.3 is 5.97 Å². The third-order valence-corrected chi connectivity index (χ3v) is 3.48. The highest BCUT2D eigenvalue weighted by Gasteiger charge is 2.20. The lowest BCUT2D eigenvalue weighted by atomic mass is 10.0. The van der Waals surface area contributed by atoms with Crippen molar-refractivity contribution in [1.82, 2.24) is 5.32 Å². The van der Waals surface area contributed by atoms with Crippen molar-refractivity contribution in [3.05, 3.63) is 71.3 Å². The minimum atomic E-state index is -1.15. The van der Waals surface area contributed by atoms with Gasteiger partial charge < -0.3 is 10.4 Å². The SMILES string of the molecule is O=C(Cc1cc(F)cc(F)c1)N[C@H](CCc1ccccc1)C(=O)O.